The minimum atomic E-state index is -0.371. The monoisotopic (exact) mass is 486 g/mol. The maximum Gasteiger partial charge on any atom is 0.243 e. The second-order valence-electron chi connectivity index (χ2n) is 7.30. The smallest absolute Gasteiger partial charge is 0.243 e. The number of unbranched alkanes of at least 4 members (excludes halogenated alkanes) is 2. The number of methoxy groups -OCH3 is 1. The van der Waals surface area contributed by atoms with Crippen LogP contribution in [0.1, 0.15) is 36.8 Å². The van der Waals surface area contributed by atoms with E-state index < -0.39 is 0 Å². The van der Waals surface area contributed by atoms with E-state index in [4.69, 9.17) is 19.7 Å². The lowest BCUT2D eigenvalue weighted by molar-refractivity contribution is -0.129. The van der Waals surface area contributed by atoms with Gasteiger partial charge in [-0.3, -0.25) is 10.0 Å². The van der Waals surface area contributed by atoms with E-state index >= 15 is 0 Å². The molecule has 31 heavy (non-hydrogen) atoms. The molecular formula is C22H23BrN4O4. The van der Waals surface area contributed by atoms with Crippen LogP contribution in [0.5, 0.6) is 11.5 Å². The third-order valence-corrected chi connectivity index (χ3v) is 5.67. The average molecular weight is 487 g/mol. The highest BCUT2D eigenvalue weighted by atomic mass is 79.9. The fraction of sp³-hybridized carbons (Fsp3) is 0.318. The number of carbonyl (C=O) groups is 1. The van der Waals surface area contributed by atoms with E-state index in [-0.39, 0.29) is 5.91 Å². The summed E-state index contributed by atoms with van der Waals surface area (Å²) in [4.78, 5) is 22.5. The standard InChI is InChI=1S/C22H23BrN4O4/c1-30-19-11-18-16(10-20(19)31-8-4-2-3-5-21(28)26-29)22-25-17-9-15(23)7-6-14(17)12-27(22)13-24-18/h6-7,9-11,13,29H,2-5,8,12H2,1H3,(H,26,28). The molecule has 0 saturated carbocycles. The van der Waals surface area contributed by atoms with Gasteiger partial charge in [-0.25, -0.2) is 15.5 Å². The van der Waals surface area contributed by atoms with E-state index in [1.807, 2.05) is 29.2 Å². The molecule has 0 bridgehead atoms. The highest BCUT2D eigenvalue weighted by molar-refractivity contribution is 9.10. The van der Waals surface area contributed by atoms with Crippen LogP contribution >= 0.6 is 15.9 Å². The molecular weight excluding hydrogens is 464 g/mol. The summed E-state index contributed by atoms with van der Waals surface area (Å²) >= 11 is 3.52. The maximum absolute atomic E-state index is 11.1. The summed E-state index contributed by atoms with van der Waals surface area (Å²) in [7, 11) is 1.60. The molecule has 162 valence electrons. The SMILES string of the molecule is COc1cc2c(cc1OCCCCCC(=O)NO)C1=Nc3cc(Br)ccc3CN1C=N2. The van der Waals surface area contributed by atoms with Gasteiger partial charge in [-0.15, -0.1) is 0 Å². The van der Waals surface area contributed by atoms with Crippen LogP contribution in [0.25, 0.3) is 0 Å². The van der Waals surface area contributed by atoms with Crippen LogP contribution in [0.3, 0.4) is 0 Å². The molecule has 0 aliphatic carbocycles. The van der Waals surface area contributed by atoms with Gasteiger partial charge < -0.3 is 14.4 Å². The zero-order valence-corrected chi connectivity index (χ0v) is 18.7. The lowest BCUT2D eigenvalue weighted by Crippen LogP contribution is -2.34. The van der Waals surface area contributed by atoms with Gasteiger partial charge in [-0.05, 0) is 43.0 Å². The molecule has 8 nitrogen and oxygen atoms in total. The van der Waals surface area contributed by atoms with Gasteiger partial charge in [-0.1, -0.05) is 22.0 Å². The average Bonchev–Trinajstić information content (AvgIpc) is 2.79. The van der Waals surface area contributed by atoms with Gasteiger partial charge in [0.1, 0.15) is 5.84 Å². The molecule has 0 spiro atoms. The van der Waals surface area contributed by atoms with Crippen molar-refractivity contribution in [3.8, 4) is 11.5 Å². The zero-order chi connectivity index (χ0) is 21.8. The van der Waals surface area contributed by atoms with Gasteiger partial charge in [0.05, 0.1) is 38.0 Å². The number of amides is 1. The number of hydroxylamine groups is 1. The van der Waals surface area contributed by atoms with Gasteiger partial charge in [0.15, 0.2) is 11.5 Å². The van der Waals surface area contributed by atoms with E-state index in [1.54, 1.807) is 18.9 Å². The fourth-order valence-corrected chi connectivity index (χ4v) is 3.91. The van der Waals surface area contributed by atoms with Crippen molar-refractivity contribution in [2.24, 2.45) is 9.98 Å². The molecule has 0 aromatic heterocycles. The molecule has 0 unspecified atom stereocenters. The Bertz CT molecular complexity index is 1050. The molecule has 4 rings (SSSR count). The fourth-order valence-electron chi connectivity index (χ4n) is 3.56. The van der Waals surface area contributed by atoms with Crippen LogP contribution < -0.4 is 15.0 Å². The van der Waals surface area contributed by atoms with Crippen LogP contribution in [-0.2, 0) is 11.3 Å². The number of amidine groups is 1. The predicted molar refractivity (Wildman–Crippen MR) is 121 cm³/mol. The van der Waals surface area contributed by atoms with Gasteiger partial charge in [0.2, 0.25) is 5.91 Å². The number of aliphatic imine (C=N–C) groups is 2. The number of benzene rings is 2. The second-order valence-corrected chi connectivity index (χ2v) is 8.21. The Morgan fingerprint density at radius 1 is 1.19 bits per heavy atom. The summed E-state index contributed by atoms with van der Waals surface area (Å²) in [6, 6.07) is 9.89. The van der Waals surface area contributed by atoms with Crippen LogP contribution in [-0.4, -0.2) is 41.9 Å². The van der Waals surface area contributed by atoms with E-state index in [0.717, 1.165) is 45.7 Å². The van der Waals surface area contributed by atoms with Crippen molar-refractivity contribution in [1.82, 2.24) is 10.4 Å². The minimum Gasteiger partial charge on any atom is -0.493 e. The van der Waals surface area contributed by atoms with Crippen molar-refractivity contribution in [3.63, 3.8) is 0 Å². The molecule has 0 radical (unpaired) electrons. The number of ether oxygens (including phenoxy) is 2. The van der Waals surface area contributed by atoms with Crippen molar-refractivity contribution in [3.05, 3.63) is 45.9 Å². The number of rotatable bonds is 8. The van der Waals surface area contributed by atoms with Crippen molar-refractivity contribution in [1.29, 1.82) is 0 Å². The number of nitrogens with zero attached hydrogens (tertiary/aromatic N) is 3. The molecule has 9 heteroatoms. The highest BCUT2D eigenvalue weighted by Gasteiger charge is 2.27. The molecule has 2 aliphatic heterocycles. The Hall–Kier alpha value is -2.91. The van der Waals surface area contributed by atoms with Crippen LogP contribution in [0, 0.1) is 0 Å². The minimum absolute atomic E-state index is 0.296. The van der Waals surface area contributed by atoms with Gasteiger partial charge in [0, 0.05) is 22.5 Å². The number of hydrogen-bond acceptors (Lipinski definition) is 7. The molecule has 0 atom stereocenters. The molecule has 2 aromatic rings. The second kappa shape index (κ2) is 9.49. The van der Waals surface area contributed by atoms with E-state index in [1.165, 1.54) is 0 Å². The Balaban J connectivity index is 1.52. The maximum atomic E-state index is 11.1. The topological polar surface area (TPSA) is 95.8 Å². The van der Waals surface area contributed by atoms with Crippen molar-refractivity contribution >= 4 is 45.4 Å². The first-order chi connectivity index (χ1) is 15.1. The molecule has 0 fully saturated rings. The van der Waals surface area contributed by atoms with E-state index in [0.29, 0.717) is 37.5 Å². The van der Waals surface area contributed by atoms with Crippen molar-refractivity contribution < 1.29 is 19.5 Å². The lowest BCUT2D eigenvalue weighted by Gasteiger charge is -2.30. The molecule has 1 amide bonds. The first-order valence-electron chi connectivity index (χ1n) is 10.0. The van der Waals surface area contributed by atoms with E-state index in [2.05, 4.69) is 27.0 Å². The number of nitrogens with one attached hydrogen (secondary N) is 1. The number of fused-ring (bicyclic) bond motifs is 4. The Morgan fingerprint density at radius 3 is 2.87 bits per heavy atom. The summed E-state index contributed by atoms with van der Waals surface area (Å²) in [5.41, 5.74) is 5.40. The quantitative estimate of drug-likeness (QED) is 0.326. The molecule has 2 N–H and O–H groups in total. The third kappa shape index (κ3) is 4.72. The first kappa shape index (κ1) is 21.3. The summed E-state index contributed by atoms with van der Waals surface area (Å²) in [6.07, 6.45) is 4.38. The number of halogens is 1. The molecule has 2 aliphatic rings. The van der Waals surface area contributed by atoms with Crippen LogP contribution in [0.15, 0.2) is 44.8 Å². The summed E-state index contributed by atoms with van der Waals surface area (Å²) in [6.45, 7) is 1.19. The summed E-state index contributed by atoms with van der Waals surface area (Å²) in [5.74, 6) is 1.71. The summed E-state index contributed by atoms with van der Waals surface area (Å²) < 4.78 is 12.5. The highest BCUT2D eigenvalue weighted by Crippen LogP contribution is 2.40. The van der Waals surface area contributed by atoms with Crippen LogP contribution in [0.2, 0.25) is 0 Å². The molecule has 0 saturated heterocycles. The third-order valence-electron chi connectivity index (χ3n) is 5.18. The zero-order valence-electron chi connectivity index (χ0n) is 17.1. The largest absolute Gasteiger partial charge is 0.493 e. The number of hydrogen-bond donors (Lipinski definition) is 2. The number of carbonyl (C=O) groups excluding carboxylic acids is 1. The Labute approximate surface area is 188 Å². The normalized spacial score (nSPS) is 13.6. The lowest BCUT2D eigenvalue weighted by atomic mass is 10.0. The Kier molecular flexibility index (Phi) is 6.53. The Morgan fingerprint density at radius 2 is 2.06 bits per heavy atom. The first-order valence-corrected chi connectivity index (χ1v) is 10.8. The molecule has 2 heterocycles. The van der Waals surface area contributed by atoms with Gasteiger partial charge in [-0.2, -0.15) is 0 Å². The van der Waals surface area contributed by atoms with Crippen LogP contribution in [0.4, 0.5) is 11.4 Å². The van der Waals surface area contributed by atoms with Crippen molar-refractivity contribution in [2.75, 3.05) is 13.7 Å². The van der Waals surface area contributed by atoms with Gasteiger partial charge >= 0.3 is 0 Å². The van der Waals surface area contributed by atoms with E-state index in [9.17, 15) is 4.79 Å². The van der Waals surface area contributed by atoms with Gasteiger partial charge in [0.25, 0.3) is 0 Å². The van der Waals surface area contributed by atoms with Crippen molar-refractivity contribution in [2.45, 2.75) is 32.2 Å². The predicted octanol–water partition coefficient (Wildman–Crippen LogP) is 4.47. The summed E-state index contributed by atoms with van der Waals surface area (Å²) in [5, 5.41) is 8.53. The molecule has 2 aromatic carbocycles.